The largest absolute Gasteiger partial charge is 0.441 e. The summed E-state index contributed by atoms with van der Waals surface area (Å²) >= 11 is 0. The Morgan fingerprint density at radius 2 is 2.15 bits per heavy atom. The van der Waals surface area contributed by atoms with Crippen molar-refractivity contribution in [1.82, 2.24) is 0 Å². The minimum absolute atomic E-state index is 0. The standard InChI is InChI=1S/C10H14NO.CH4/c1-7-6-10-4-5-12-9(3)11(10)8(7)2;/h4-5,9H,6H2,1-3H3;1H4/q+1;. The molecule has 0 aromatic carbocycles. The van der Waals surface area contributed by atoms with Crippen LogP contribution in [-0.4, -0.2) is 16.5 Å². The lowest BCUT2D eigenvalue weighted by molar-refractivity contribution is -0.561. The fraction of sp³-hybridized carbons (Fsp3) is 0.545. The molecule has 0 aliphatic carbocycles. The maximum Gasteiger partial charge on any atom is 0.298 e. The van der Waals surface area contributed by atoms with Crippen LogP contribution >= 0.6 is 0 Å². The van der Waals surface area contributed by atoms with Gasteiger partial charge in [-0.2, -0.15) is 4.58 Å². The molecule has 2 heteroatoms. The molecule has 0 aromatic rings. The van der Waals surface area contributed by atoms with Crippen molar-refractivity contribution in [1.29, 1.82) is 0 Å². The zero-order valence-electron chi connectivity index (χ0n) is 7.79. The quantitative estimate of drug-likeness (QED) is 0.522. The van der Waals surface area contributed by atoms with Gasteiger partial charge in [0.05, 0.1) is 12.7 Å². The minimum atomic E-state index is 0. The van der Waals surface area contributed by atoms with E-state index in [1.807, 2.05) is 0 Å². The monoisotopic (exact) mass is 180 g/mol. The van der Waals surface area contributed by atoms with Gasteiger partial charge in [-0.1, -0.05) is 7.43 Å². The van der Waals surface area contributed by atoms with Crippen LogP contribution in [0.3, 0.4) is 0 Å². The molecule has 72 valence electrons. The molecule has 0 spiro atoms. The molecule has 2 aliphatic heterocycles. The number of ether oxygens (including phenoxy) is 1. The highest BCUT2D eigenvalue weighted by Crippen LogP contribution is 2.23. The molecule has 1 unspecified atom stereocenters. The lowest BCUT2D eigenvalue weighted by Crippen LogP contribution is -2.28. The molecule has 0 bridgehead atoms. The van der Waals surface area contributed by atoms with Gasteiger partial charge in [-0.25, -0.2) is 0 Å². The minimum Gasteiger partial charge on any atom is -0.441 e. The zero-order chi connectivity index (χ0) is 8.72. The van der Waals surface area contributed by atoms with Gasteiger partial charge < -0.3 is 4.74 Å². The topological polar surface area (TPSA) is 12.2 Å². The summed E-state index contributed by atoms with van der Waals surface area (Å²) in [5.74, 6) is 0. The molecular weight excluding hydrogens is 162 g/mol. The van der Waals surface area contributed by atoms with Gasteiger partial charge in [0.25, 0.3) is 6.23 Å². The van der Waals surface area contributed by atoms with Crippen LogP contribution in [0, 0.1) is 0 Å². The molecular formula is C11H18NO+. The van der Waals surface area contributed by atoms with Gasteiger partial charge in [0.2, 0.25) is 0 Å². The van der Waals surface area contributed by atoms with Crippen molar-refractivity contribution in [2.45, 2.75) is 40.8 Å². The molecule has 0 saturated heterocycles. The second-order valence-corrected chi connectivity index (χ2v) is 3.44. The van der Waals surface area contributed by atoms with Crippen LogP contribution in [0.2, 0.25) is 0 Å². The molecule has 0 fully saturated rings. The van der Waals surface area contributed by atoms with Crippen LogP contribution in [0.4, 0.5) is 0 Å². The lowest BCUT2D eigenvalue weighted by Gasteiger charge is -2.13. The molecule has 0 saturated carbocycles. The van der Waals surface area contributed by atoms with E-state index >= 15 is 0 Å². The predicted molar refractivity (Wildman–Crippen MR) is 54.7 cm³/mol. The molecule has 13 heavy (non-hydrogen) atoms. The Hall–Kier alpha value is -1.05. The van der Waals surface area contributed by atoms with Gasteiger partial charge >= 0.3 is 0 Å². The maximum absolute atomic E-state index is 5.40. The van der Waals surface area contributed by atoms with Crippen molar-refractivity contribution in [3.63, 3.8) is 0 Å². The van der Waals surface area contributed by atoms with Crippen LogP contribution in [0.25, 0.3) is 0 Å². The zero-order valence-corrected chi connectivity index (χ0v) is 7.79. The average molecular weight is 180 g/mol. The molecule has 2 nitrogen and oxygen atoms in total. The first-order valence-corrected chi connectivity index (χ1v) is 4.33. The van der Waals surface area contributed by atoms with E-state index in [1.165, 1.54) is 17.0 Å². The third kappa shape index (κ3) is 1.41. The maximum atomic E-state index is 5.40. The van der Waals surface area contributed by atoms with Crippen molar-refractivity contribution < 1.29 is 9.31 Å². The number of hydrogen-bond donors (Lipinski definition) is 0. The van der Waals surface area contributed by atoms with Gasteiger partial charge in [-0.05, 0) is 6.92 Å². The molecule has 0 radical (unpaired) electrons. The average Bonchev–Trinajstić information content (AvgIpc) is 2.29. The van der Waals surface area contributed by atoms with Gasteiger partial charge in [0, 0.05) is 25.5 Å². The first-order chi connectivity index (χ1) is 5.70. The van der Waals surface area contributed by atoms with E-state index in [-0.39, 0.29) is 13.7 Å². The molecule has 2 heterocycles. The molecule has 1 atom stereocenters. The van der Waals surface area contributed by atoms with Crippen LogP contribution in [-0.2, 0) is 4.74 Å². The van der Waals surface area contributed by atoms with E-state index in [1.54, 1.807) is 6.26 Å². The van der Waals surface area contributed by atoms with Gasteiger partial charge in [0.15, 0.2) is 11.4 Å². The van der Waals surface area contributed by atoms with Crippen molar-refractivity contribution in [2.24, 2.45) is 0 Å². The van der Waals surface area contributed by atoms with Crippen LogP contribution < -0.4 is 0 Å². The number of rotatable bonds is 0. The summed E-state index contributed by atoms with van der Waals surface area (Å²) in [6, 6.07) is 0. The van der Waals surface area contributed by atoms with E-state index in [4.69, 9.17) is 4.74 Å². The molecule has 0 N–H and O–H groups in total. The molecule has 0 amide bonds. The highest BCUT2D eigenvalue weighted by Gasteiger charge is 2.32. The Kier molecular flexibility index (Phi) is 2.60. The van der Waals surface area contributed by atoms with Gasteiger partial charge in [-0.15, -0.1) is 0 Å². The predicted octanol–water partition coefficient (Wildman–Crippen LogP) is 2.66. The summed E-state index contributed by atoms with van der Waals surface area (Å²) in [6.45, 7) is 6.41. The lowest BCUT2D eigenvalue weighted by atomic mass is 10.1. The molecule has 2 rings (SSSR count). The summed E-state index contributed by atoms with van der Waals surface area (Å²) < 4.78 is 7.66. The molecule has 0 aromatic heterocycles. The smallest absolute Gasteiger partial charge is 0.298 e. The van der Waals surface area contributed by atoms with E-state index in [0.717, 1.165) is 6.42 Å². The first kappa shape index (κ1) is 10.0. The second-order valence-electron chi connectivity index (χ2n) is 3.44. The van der Waals surface area contributed by atoms with Crippen LogP contribution in [0.5, 0.6) is 0 Å². The van der Waals surface area contributed by atoms with Crippen molar-refractivity contribution in [2.75, 3.05) is 0 Å². The third-order valence-corrected chi connectivity index (χ3v) is 2.63. The molecule has 2 aliphatic rings. The third-order valence-electron chi connectivity index (χ3n) is 2.63. The Morgan fingerprint density at radius 3 is 2.77 bits per heavy atom. The normalized spacial score (nSPS) is 25.6. The van der Waals surface area contributed by atoms with Crippen molar-refractivity contribution in [3.05, 3.63) is 23.6 Å². The highest BCUT2D eigenvalue weighted by atomic mass is 16.5. The summed E-state index contributed by atoms with van der Waals surface area (Å²) in [6.07, 6.45) is 5.10. The first-order valence-electron chi connectivity index (χ1n) is 4.33. The van der Waals surface area contributed by atoms with Crippen LogP contribution in [0.15, 0.2) is 23.6 Å². The van der Waals surface area contributed by atoms with E-state index < -0.39 is 0 Å². The second kappa shape index (κ2) is 3.36. The fourth-order valence-electron chi connectivity index (χ4n) is 1.84. The number of nitrogens with zero attached hydrogens (tertiary/aromatic N) is 1. The van der Waals surface area contributed by atoms with Crippen LogP contribution in [0.1, 0.15) is 34.6 Å². The van der Waals surface area contributed by atoms with Gasteiger partial charge in [0.1, 0.15) is 0 Å². The van der Waals surface area contributed by atoms with E-state index in [2.05, 4.69) is 31.4 Å². The Bertz CT molecular complexity index is 310. The highest BCUT2D eigenvalue weighted by molar-refractivity contribution is 5.94. The van der Waals surface area contributed by atoms with E-state index in [9.17, 15) is 0 Å². The van der Waals surface area contributed by atoms with Gasteiger partial charge in [-0.3, -0.25) is 0 Å². The Labute approximate surface area is 80.2 Å². The summed E-state index contributed by atoms with van der Waals surface area (Å²) in [4.78, 5) is 0. The van der Waals surface area contributed by atoms with Crippen molar-refractivity contribution >= 4 is 5.71 Å². The Balaban J connectivity index is 0.000000845. The number of allylic oxidation sites excluding steroid dienone is 3. The van der Waals surface area contributed by atoms with Crippen molar-refractivity contribution in [3.8, 4) is 0 Å². The summed E-state index contributed by atoms with van der Waals surface area (Å²) in [7, 11) is 0. The SMILES string of the molecule is C.CC1=C(C)[N+]2=C(C=COC2C)C1. The number of hydrogen-bond acceptors (Lipinski definition) is 1. The summed E-state index contributed by atoms with van der Waals surface area (Å²) in [5.41, 5.74) is 4.16. The Morgan fingerprint density at radius 1 is 1.46 bits per heavy atom. The van der Waals surface area contributed by atoms with E-state index in [0.29, 0.717) is 0 Å². The fourth-order valence-corrected chi connectivity index (χ4v) is 1.84. The summed E-state index contributed by atoms with van der Waals surface area (Å²) in [5, 5.41) is 0.